The monoisotopic (exact) mass is 269 g/mol. The molecule has 1 rings (SSSR count). The standard InChI is InChI=1S/C6H12IN3O/c7-6(11)3-9-1-2-10(4-8)5-9/h1-5,8H2. The van der Waals surface area contributed by atoms with E-state index in [4.69, 9.17) is 5.73 Å². The zero-order valence-electron chi connectivity index (χ0n) is 6.29. The van der Waals surface area contributed by atoms with Crippen LogP contribution in [0.4, 0.5) is 0 Å². The quantitative estimate of drug-likeness (QED) is 0.551. The van der Waals surface area contributed by atoms with Gasteiger partial charge >= 0.3 is 0 Å². The molecule has 0 aliphatic carbocycles. The second-order valence-electron chi connectivity index (χ2n) is 2.63. The molecular formula is C6H12IN3O. The Hall–Kier alpha value is 0.280. The maximum absolute atomic E-state index is 10.7. The first kappa shape index (κ1) is 9.37. The third-order valence-electron chi connectivity index (χ3n) is 1.74. The van der Waals surface area contributed by atoms with Gasteiger partial charge < -0.3 is 5.73 Å². The number of carbonyl (C=O) groups is 1. The average molecular weight is 269 g/mol. The lowest BCUT2D eigenvalue weighted by Gasteiger charge is -2.13. The fraction of sp³-hybridized carbons (Fsp3) is 0.833. The van der Waals surface area contributed by atoms with Crippen LogP contribution in [0.2, 0.25) is 0 Å². The lowest BCUT2D eigenvalue weighted by atomic mass is 10.6. The molecule has 11 heavy (non-hydrogen) atoms. The van der Waals surface area contributed by atoms with E-state index in [-0.39, 0.29) is 3.79 Å². The van der Waals surface area contributed by atoms with Crippen molar-refractivity contribution in [1.82, 2.24) is 9.80 Å². The van der Waals surface area contributed by atoms with Gasteiger partial charge in [-0.15, -0.1) is 0 Å². The minimum atomic E-state index is 0.196. The van der Waals surface area contributed by atoms with Crippen molar-refractivity contribution in [3.05, 3.63) is 0 Å². The van der Waals surface area contributed by atoms with Crippen molar-refractivity contribution in [3.63, 3.8) is 0 Å². The number of rotatable bonds is 3. The zero-order valence-corrected chi connectivity index (χ0v) is 8.45. The molecule has 0 saturated carbocycles. The molecule has 2 N–H and O–H groups in total. The third-order valence-corrected chi connectivity index (χ3v) is 2.08. The van der Waals surface area contributed by atoms with Gasteiger partial charge in [0.2, 0.25) is 3.79 Å². The van der Waals surface area contributed by atoms with Crippen LogP contribution in [0.3, 0.4) is 0 Å². The van der Waals surface area contributed by atoms with Gasteiger partial charge in [-0.1, -0.05) is 0 Å². The highest BCUT2D eigenvalue weighted by Gasteiger charge is 2.19. The van der Waals surface area contributed by atoms with Crippen molar-refractivity contribution in [3.8, 4) is 0 Å². The Labute approximate surface area is 79.8 Å². The van der Waals surface area contributed by atoms with Crippen molar-refractivity contribution in [2.75, 3.05) is 33.0 Å². The summed E-state index contributed by atoms with van der Waals surface area (Å²) in [4.78, 5) is 14.9. The van der Waals surface area contributed by atoms with Gasteiger partial charge in [0.1, 0.15) is 0 Å². The largest absolute Gasteiger partial charge is 0.318 e. The van der Waals surface area contributed by atoms with Crippen molar-refractivity contribution in [2.24, 2.45) is 5.73 Å². The van der Waals surface area contributed by atoms with Gasteiger partial charge in [-0.05, 0) is 0 Å². The number of nitrogens with two attached hydrogens (primary N) is 1. The first-order chi connectivity index (χ1) is 5.22. The molecule has 0 unspecified atom stereocenters. The molecule has 1 fully saturated rings. The third kappa shape index (κ3) is 3.02. The molecule has 0 amide bonds. The van der Waals surface area contributed by atoms with E-state index < -0.39 is 0 Å². The Morgan fingerprint density at radius 2 is 2.09 bits per heavy atom. The molecule has 1 saturated heterocycles. The van der Waals surface area contributed by atoms with E-state index in [0.29, 0.717) is 13.2 Å². The minimum Gasteiger partial charge on any atom is -0.318 e. The molecule has 64 valence electrons. The molecule has 0 spiro atoms. The molecule has 1 aliphatic heterocycles. The number of nitrogens with zero attached hydrogens (tertiary/aromatic N) is 2. The van der Waals surface area contributed by atoms with Crippen molar-refractivity contribution < 1.29 is 4.79 Å². The smallest absolute Gasteiger partial charge is 0.206 e. The van der Waals surface area contributed by atoms with Gasteiger partial charge in [0.15, 0.2) is 0 Å². The Morgan fingerprint density at radius 3 is 2.55 bits per heavy atom. The molecule has 0 aromatic rings. The molecule has 1 aliphatic rings. The molecule has 4 nitrogen and oxygen atoms in total. The number of hydrogen-bond acceptors (Lipinski definition) is 4. The van der Waals surface area contributed by atoms with E-state index in [0.717, 1.165) is 19.8 Å². The Morgan fingerprint density at radius 1 is 1.45 bits per heavy atom. The lowest BCUT2D eigenvalue weighted by Crippen LogP contribution is -2.31. The summed E-state index contributed by atoms with van der Waals surface area (Å²) < 4.78 is 0.196. The first-order valence-corrected chi connectivity index (χ1v) is 4.63. The van der Waals surface area contributed by atoms with Gasteiger partial charge in [-0.3, -0.25) is 14.6 Å². The van der Waals surface area contributed by atoms with E-state index in [2.05, 4.69) is 9.80 Å². The molecule has 0 atom stereocenters. The average Bonchev–Trinajstić information content (AvgIpc) is 2.34. The summed E-state index contributed by atoms with van der Waals surface area (Å²) in [5.41, 5.74) is 5.44. The van der Waals surface area contributed by atoms with Gasteiger partial charge in [-0.25, -0.2) is 0 Å². The fourth-order valence-corrected chi connectivity index (χ4v) is 1.64. The molecule has 1 heterocycles. The van der Waals surface area contributed by atoms with Gasteiger partial charge in [-0.2, -0.15) is 0 Å². The Bertz CT molecular complexity index is 153. The fourth-order valence-electron chi connectivity index (χ4n) is 1.16. The predicted molar refractivity (Wildman–Crippen MR) is 51.2 cm³/mol. The summed E-state index contributed by atoms with van der Waals surface area (Å²) in [5, 5.41) is 0. The highest BCUT2D eigenvalue weighted by Crippen LogP contribution is 2.03. The molecule has 0 bridgehead atoms. The van der Waals surface area contributed by atoms with Crippen LogP contribution in [0.1, 0.15) is 0 Å². The minimum absolute atomic E-state index is 0.196. The van der Waals surface area contributed by atoms with E-state index >= 15 is 0 Å². The topological polar surface area (TPSA) is 49.6 Å². The zero-order chi connectivity index (χ0) is 8.27. The SMILES string of the molecule is NCN1CCN(CC(=O)I)C1. The maximum atomic E-state index is 10.7. The Balaban J connectivity index is 2.24. The molecule has 0 aromatic heterocycles. The normalized spacial score (nSPS) is 20.9. The second kappa shape index (κ2) is 4.34. The summed E-state index contributed by atoms with van der Waals surface area (Å²) in [5.74, 6) is 0. The van der Waals surface area contributed by atoms with Crippen LogP contribution < -0.4 is 5.73 Å². The number of hydrogen-bond donors (Lipinski definition) is 1. The van der Waals surface area contributed by atoms with Crippen LogP contribution in [0.15, 0.2) is 0 Å². The number of halogens is 1. The van der Waals surface area contributed by atoms with E-state index in [9.17, 15) is 4.79 Å². The second-order valence-corrected chi connectivity index (χ2v) is 3.83. The van der Waals surface area contributed by atoms with Crippen LogP contribution in [-0.4, -0.2) is 46.6 Å². The van der Waals surface area contributed by atoms with Crippen LogP contribution in [0, 0.1) is 0 Å². The summed E-state index contributed by atoms with van der Waals surface area (Å²) in [6, 6.07) is 0. The van der Waals surface area contributed by atoms with E-state index in [1.165, 1.54) is 0 Å². The van der Waals surface area contributed by atoms with Gasteiger partial charge in [0.05, 0.1) is 13.2 Å². The molecule has 0 radical (unpaired) electrons. The van der Waals surface area contributed by atoms with Crippen molar-refractivity contribution in [1.29, 1.82) is 0 Å². The van der Waals surface area contributed by atoms with Crippen LogP contribution in [0.5, 0.6) is 0 Å². The van der Waals surface area contributed by atoms with Crippen molar-refractivity contribution >= 4 is 26.4 Å². The molecule has 0 aromatic carbocycles. The maximum Gasteiger partial charge on any atom is 0.206 e. The van der Waals surface area contributed by atoms with Crippen LogP contribution in [-0.2, 0) is 4.79 Å². The lowest BCUT2D eigenvalue weighted by molar-refractivity contribution is -0.110. The molecule has 5 heteroatoms. The van der Waals surface area contributed by atoms with Gasteiger partial charge in [0, 0.05) is 42.3 Å². The summed E-state index contributed by atoms with van der Waals surface area (Å²) in [6.45, 7) is 3.93. The Kier molecular flexibility index (Phi) is 3.70. The van der Waals surface area contributed by atoms with Crippen LogP contribution in [0.25, 0.3) is 0 Å². The highest BCUT2D eigenvalue weighted by atomic mass is 127. The molecular weight excluding hydrogens is 257 g/mol. The van der Waals surface area contributed by atoms with E-state index in [1.807, 2.05) is 22.6 Å². The first-order valence-electron chi connectivity index (χ1n) is 3.55. The number of carbonyl (C=O) groups excluding carboxylic acids is 1. The van der Waals surface area contributed by atoms with Crippen molar-refractivity contribution in [2.45, 2.75) is 0 Å². The highest BCUT2D eigenvalue weighted by molar-refractivity contribution is 14.1. The van der Waals surface area contributed by atoms with Crippen LogP contribution >= 0.6 is 22.6 Å². The predicted octanol–water partition coefficient (Wildman–Crippen LogP) is -0.561. The van der Waals surface area contributed by atoms with Gasteiger partial charge in [0.25, 0.3) is 0 Å². The summed E-state index contributed by atoms with van der Waals surface area (Å²) >= 11 is 1.82. The van der Waals surface area contributed by atoms with E-state index in [1.54, 1.807) is 0 Å². The summed E-state index contributed by atoms with van der Waals surface area (Å²) in [7, 11) is 0. The summed E-state index contributed by atoms with van der Waals surface area (Å²) in [6.07, 6.45) is 0.